The Hall–Kier alpha value is -2.23. The molecule has 1 heterocycles. The number of Topliss-reactive ketones (excluding diaryl/α,β-unsaturated/α-hetero) is 1. The fourth-order valence-electron chi connectivity index (χ4n) is 2.02. The van der Waals surface area contributed by atoms with Crippen molar-refractivity contribution >= 4 is 5.78 Å². The molecule has 104 valence electrons. The number of carbonyl (C=O) groups excluding carboxylic acids is 1. The smallest absolute Gasteiger partial charge is 0.277 e. The molecule has 0 fully saturated rings. The first-order valence-corrected chi connectivity index (χ1v) is 6.73. The molecular weight excluding hydrogens is 252 g/mol. The van der Waals surface area contributed by atoms with Gasteiger partial charge in [-0.05, 0) is 26.3 Å². The molecule has 0 radical (unpaired) electrons. The number of rotatable bonds is 4. The molecule has 0 amide bonds. The summed E-state index contributed by atoms with van der Waals surface area (Å²) in [7, 11) is 0. The van der Waals surface area contributed by atoms with E-state index in [2.05, 4.69) is 5.10 Å². The average Bonchev–Trinajstić information content (AvgIpc) is 2.42. The minimum Gasteiger partial charge on any atom is -0.294 e. The van der Waals surface area contributed by atoms with Crippen molar-refractivity contribution in [1.29, 1.82) is 0 Å². The van der Waals surface area contributed by atoms with Gasteiger partial charge >= 0.3 is 0 Å². The van der Waals surface area contributed by atoms with Gasteiger partial charge in [0, 0.05) is 12.1 Å². The lowest BCUT2D eigenvalue weighted by atomic mass is 10.1. The summed E-state index contributed by atoms with van der Waals surface area (Å²) < 4.78 is 1.38. The van der Waals surface area contributed by atoms with E-state index in [-0.39, 0.29) is 16.9 Å². The lowest BCUT2D eigenvalue weighted by Crippen LogP contribution is -2.28. The lowest BCUT2D eigenvalue weighted by Gasteiger charge is -2.09. The summed E-state index contributed by atoms with van der Waals surface area (Å²) in [6, 6.07) is 9.45. The van der Waals surface area contributed by atoms with Crippen LogP contribution in [-0.4, -0.2) is 15.6 Å². The quantitative estimate of drug-likeness (QED) is 0.803. The van der Waals surface area contributed by atoms with Crippen molar-refractivity contribution in [1.82, 2.24) is 9.78 Å². The first-order valence-electron chi connectivity index (χ1n) is 6.73. The van der Waals surface area contributed by atoms with Crippen LogP contribution in [0.5, 0.6) is 0 Å². The van der Waals surface area contributed by atoms with Crippen molar-refractivity contribution in [3.8, 4) is 11.3 Å². The number of aryl methyl sites for hydroxylation is 2. The highest BCUT2D eigenvalue weighted by molar-refractivity contribution is 5.94. The second kappa shape index (κ2) is 5.82. The maximum atomic E-state index is 12.1. The third-order valence-electron chi connectivity index (χ3n) is 3.14. The Balaban J connectivity index is 2.61. The number of hydrogen-bond donors (Lipinski definition) is 0. The molecule has 2 rings (SSSR count). The molecule has 0 saturated heterocycles. The summed E-state index contributed by atoms with van der Waals surface area (Å²) in [5, 5.41) is 4.36. The number of benzene rings is 1. The van der Waals surface area contributed by atoms with Crippen molar-refractivity contribution in [3.05, 3.63) is 51.8 Å². The Morgan fingerprint density at radius 2 is 1.90 bits per heavy atom. The summed E-state index contributed by atoms with van der Waals surface area (Å²) >= 11 is 0. The van der Waals surface area contributed by atoms with E-state index in [4.69, 9.17) is 0 Å². The van der Waals surface area contributed by atoms with Gasteiger partial charge in [0.05, 0.1) is 11.3 Å². The molecule has 2 aromatic rings. The lowest BCUT2D eigenvalue weighted by molar-refractivity contribution is 0.101. The second-order valence-corrected chi connectivity index (χ2v) is 4.89. The van der Waals surface area contributed by atoms with Crippen molar-refractivity contribution in [3.63, 3.8) is 0 Å². The monoisotopic (exact) mass is 270 g/mol. The van der Waals surface area contributed by atoms with Gasteiger partial charge in [-0.3, -0.25) is 9.59 Å². The second-order valence-electron chi connectivity index (χ2n) is 4.89. The molecule has 4 nitrogen and oxygen atoms in total. The van der Waals surface area contributed by atoms with Crippen LogP contribution in [0.1, 0.15) is 36.2 Å². The van der Waals surface area contributed by atoms with E-state index in [0.29, 0.717) is 12.2 Å². The molecule has 0 atom stereocenters. The van der Waals surface area contributed by atoms with Gasteiger partial charge in [0.2, 0.25) is 0 Å². The summed E-state index contributed by atoms with van der Waals surface area (Å²) in [5.41, 5.74) is 2.60. The highest BCUT2D eigenvalue weighted by atomic mass is 16.1. The predicted octanol–water partition coefficient (Wildman–Crippen LogP) is 2.83. The SMILES string of the molecule is CCCn1nc(-c2ccc(C)cc2)cc(C(C)=O)c1=O. The van der Waals surface area contributed by atoms with Crippen LogP contribution in [0.2, 0.25) is 0 Å². The largest absolute Gasteiger partial charge is 0.294 e. The first kappa shape index (κ1) is 14.2. The minimum absolute atomic E-state index is 0.198. The Morgan fingerprint density at radius 3 is 2.45 bits per heavy atom. The fraction of sp³-hybridized carbons (Fsp3) is 0.312. The Labute approximate surface area is 118 Å². The third kappa shape index (κ3) is 2.85. The van der Waals surface area contributed by atoms with Gasteiger partial charge < -0.3 is 0 Å². The maximum Gasteiger partial charge on any atom is 0.277 e. The zero-order chi connectivity index (χ0) is 14.7. The van der Waals surface area contributed by atoms with Crippen molar-refractivity contribution in [2.24, 2.45) is 0 Å². The van der Waals surface area contributed by atoms with E-state index in [0.717, 1.165) is 17.5 Å². The third-order valence-corrected chi connectivity index (χ3v) is 3.14. The van der Waals surface area contributed by atoms with Crippen LogP contribution in [0.25, 0.3) is 11.3 Å². The van der Waals surface area contributed by atoms with Crippen molar-refractivity contribution in [2.75, 3.05) is 0 Å². The molecule has 0 aliphatic carbocycles. The van der Waals surface area contributed by atoms with Gasteiger partial charge in [-0.1, -0.05) is 36.8 Å². The summed E-state index contributed by atoms with van der Waals surface area (Å²) in [6.45, 7) is 5.90. The van der Waals surface area contributed by atoms with Gasteiger partial charge in [-0.15, -0.1) is 0 Å². The van der Waals surface area contributed by atoms with Crippen molar-refractivity contribution < 1.29 is 4.79 Å². The first-order chi connectivity index (χ1) is 9.52. The molecule has 0 N–H and O–H groups in total. The van der Waals surface area contributed by atoms with E-state index >= 15 is 0 Å². The zero-order valence-electron chi connectivity index (χ0n) is 12.0. The van der Waals surface area contributed by atoms with Crippen LogP contribution in [0.4, 0.5) is 0 Å². The molecule has 0 unspecified atom stereocenters. The predicted molar refractivity (Wildman–Crippen MR) is 79.0 cm³/mol. The Morgan fingerprint density at radius 1 is 1.25 bits per heavy atom. The number of ketones is 1. The van der Waals surface area contributed by atoms with Gasteiger partial charge in [0.25, 0.3) is 5.56 Å². The highest BCUT2D eigenvalue weighted by Gasteiger charge is 2.12. The molecule has 1 aromatic heterocycles. The number of carbonyl (C=O) groups is 1. The van der Waals surface area contributed by atoms with Crippen LogP contribution in [0, 0.1) is 6.92 Å². The highest BCUT2D eigenvalue weighted by Crippen LogP contribution is 2.17. The number of aromatic nitrogens is 2. The van der Waals surface area contributed by atoms with Crippen LogP contribution >= 0.6 is 0 Å². The molecule has 4 heteroatoms. The Bertz CT molecular complexity index is 685. The molecule has 0 aliphatic rings. The molecule has 0 aliphatic heterocycles. The number of hydrogen-bond acceptors (Lipinski definition) is 3. The minimum atomic E-state index is -0.310. The fourth-order valence-corrected chi connectivity index (χ4v) is 2.02. The van der Waals surface area contributed by atoms with Crippen molar-refractivity contribution in [2.45, 2.75) is 33.7 Å². The summed E-state index contributed by atoms with van der Waals surface area (Å²) in [4.78, 5) is 23.7. The van der Waals surface area contributed by atoms with Gasteiger partial charge in [-0.2, -0.15) is 5.10 Å². The van der Waals surface area contributed by atoms with E-state index in [9.17, 15) is 9.59 Å². The normalized spacial score (nSPS) is 10.6. The van der Waals surface area contributed by atoms with Gasteiger partial charge in [0.15, 0.2) is 5.78 Å². The molecule has 20 heavy (non-hydrogen) atoms. The van der Waals surface area contributed by atoms with Crippen LogP contribution in [-0.2, 0) is 6.54 Å². The summed E-state index contributed by atoms with van der Waals surface area (Å²) in [5.74, 6) is -0.226. The van der Waals surface area contributed by atoms with E-state index in [1.54, 1.807) is 6.07 Å². The Kier molecular flexibility index (Phi) is 4.13. The molecule has 1 aromatic carbocycles. The zero-order valence-corrected chi connectivity index (χ0v) is 12.0. The van der Waals surface area contributed by atoms with E-state index in [1.165, 1.54) is 11.6 Å². The topological polar surface area (TPSA) is 52.0 Å². The maximum absolute atomic E-state index is 12.1. The van der Waals surface area contributed by atoms with Crippen LogP contribution in [0.3, 0.4) is 0 Å². The van der Waals surface area contributed by atoms with Crippen LogP contribution < -0.4 is 5.56 Å². The van der Waals surface area contributed by atoms with Gasteiger partial charge in [0.1, 0.15) is 0 Å². The van der Waals surface area contributed by atoms with Gasteiger partial charge in [-0.25, -0.2) is 4.68 Å². The number of nitrogens with zero attached hydrogens (tertiary/aromatic N) is 2. The summed E-state index contributed by atoms with van der Waals surface area (Å²) in [6.07, 6.45) is 0.793. The molecule has 0 saturated carbocycles. The van der Waals surface area contributed by atoms with Crippen LogP contribution in [0.15, 0.2) is 35.1 Å². The standard InChI is InChI=1S/C16H18N2O2/c1-4-9-18-16(20)14(12(3)19)10-15(17-18)13-7-5-11(2)6-8-13/h5-8,10H,4,9H2,1-3H3. The van der Waals surface area contributed by atoms with E-state index in [1.807, 2.05) is 38.1 Å². The average molecular weight is 270 g/mol. The molecule has 0 spiro atoms. The molecular formula is C16H18N2O2. The van der Waals surface area contributed by atoms with E-state index < -0.39 is 0 Å². The molecule has 0 bridgehead atoms.